The third-order valence-corrected chi connectivity index (χ3v) is 5.51. The lowest BCUT2D eigenvalue weighted by atomic mass is 9.78. The number of hydrogen-bond acceptors (Lipinski definition) is 4. The van der Waals surface area contributed by atoms with E-state index in [1.54, 1.807) is 16.8 Å². The molecule has 1 N–H and O–H groups in total. The van der Waals surface area contributed by atoms with Gasteiger partial charge in [0.05, 0.1) is 10.8 Å². The molecule has 0 spiro atoms. The number of benzene rings is 1. The standard InChI is InChI=1S/C21H32N2O2S/c1-20(2,3)15-11-14(12-16(19(15)25)21(4,5)6)9-10-18-23(22(7)8)17(24)13-26-18/h10-12,25H,9,13H2,1-8H3. The molecule has 144 valence electrons. The van der Waals surface area contributed by atoms with Crippen molar-refractivity contribution >= 4 is 17.7 Å². The molecule has 0 atom stereocenters. The highest BCUT2D eigenvalue weighted by atomic mass is 32.2. The van der Waals surface area contributed by atoms with Crippen molar-refractivity contribution in [3.8, 4) is 5.75 Å². The van der Waals surface area contributed by atoms with Crippen LogP contribution in [0.2, 0.25) is 0 Å². The van der Waals surface area contributed by atoms with Gasteiger partial charge in [-0.25, -0.2) is 10.0 Å². The van der Waals surface area contributed by atoms with Crippen molar-refractivity contribution in [2.24, 2.45) is 0 Å². The molecule has 0 saturated carbocycles. The number of hydrogen-bond donors (Lipinski definition) is 1. The van der Waals surface area contributed by atoms with Gasteiger partial charge < -0.3 is 5.11 Å². The lowest BCUT2D eigenvalue weighted by Gasteiger charge is -2.28. The van der Waals surface area contributed by atoms with Crippen LogP contribution in [0.5, 0.6) is 5.75 Å². The number of allylic oxidation sites excluding steroid dienone is 1. The number of carbonyl (C=O) groups is 1. The van der Waals surface area contributed by atoms with E-state index >= 15 is 0 Å². The maximum Gasteiger partial charge on any atom is 0.252 e. The quantitative estimate of drug-likeness (QED) is 0.848. The van der Waals surface area contributed by atoms with E-state index in [-0.39, 0.29) is 16.7 Å². The predicted molar refractivity (Wildman–Crippen MR) is 110 cm³/mol. The van der Waals surface area contributed by atoms with Crippen LogP contribution in [0.3, 0.4) is 0 Å². The molecule has 0 aliphatic carbocycles. The van der Waals surface area contributed by atoms with Gasteiger partial charge in [-0.2, -0.15) is 0 Å². The Morgan fingerprint density at radius 1 is 1.12 bits per heavy atom. The average molecular weight is 377 g/mol. The summed E-state index contributed by atoms with van der Waals surface area (Å²) in [6.45, 7) is 12.7. The van der Waals surface area contributed by atoms with Gasteiger partial charge in [0.15, 0.2) is 0 Å². The highest BCUT2D eigenvalue weighted by molar-refractivity contribution is 8.04. The summed E-state index contributed by atoms with van der Waals surface area (Å²) in [6.07, 6.45) is 2.84. The number of rotatable bonds is 3. The molecule has 0 bridgehead atoms. The van der Waals surface area contributed by atoms with E-state index in [9.17, 15) is 9.90 Å². The zero-order valence-corrected chi connectivity index (χ0v) is 18.1. The van der Waals surface area contributed by atoms with Gasteiger partial charge in [0.2, 0.25) is 0 Å². The molecular formula is C21H32N2O2S. The maximum absolute atomic E-state index is 12.0. The summed E-state index contributed by atoms with van der Waals surface area (Å²) in [5.74, 6) is 1.00. The Morgan fingerprint density at radius 2 is 1.62 bits per heavy atom. The number of carbonyl (C=O) groups excluding carboxylic acids is 1. The Bertz CT molecular complexity index is 690. The first-order valence-electron chi connectivity index (χ1n) is 9.02. The second-order valence-corrected chi connectivity index (χ2v) is 10.1. The first-order chi connectivity index (χ1) is 11.8. The first kappa shape index (κ1) is 20.8. The number of phenolic OH excluding ortho intramolecular Hbond substituents is 1. The number of phenols is 1. The summed E-state index contributed by atoms with van der Waals surface area (Å²) in [5.41, 5.74) is 2.82. The molecule has 5 heteroatoms. The third-order valence-electron chi connectivity index (χ3n) is 4.49. The topological polar surface area (TPSA) is 43.8 Å². The molecule has 1 saturated heterocycles. The molecule has 1 amide bonds. The van der Waals surface area contributed by atoms with Crippen LogP contribution in [-0.2, 0) is 22.0 Å². The zero-order valence-electron chi connectivity index (χ0n) is 17.3. The number of amides is 1. The Morgan fingerprint density at radius 3 is 2.04 bits per heavy atom. The fourth-order valence-corrected chi connectivity index (χ4v) is 4.09. The second-order valence-electron chi connectivity index (χ2n) is 9.13. The minimum absolute atomic E-state index is 0.114. The van der Waals surface area contributed by atoms with Crippen molar-refractivity contribution in [2.45, 2.75) is 58.8 Å². The highest BCUT2D eigenvalue weighted by Crippen LogP contribution is 2.40. The van der Waals surface area contributed by atoms with Crippen LogP contribution in [0.15, 0.2) is 23.2 Å². The minimum atomic E-state index is -0.138. The summed E-state index contributed by atoms with van der Waals surface area (Å²) in [6, 6.07) is 4.20. The molecule has 2 rings (SSSR count). The summed E-state index contributed by atoms with van der Waals surface area (Å²) in [5, 5.41) is 15.4. The van der Waals surface area contributed by atoms with Gasteiger partial charge in [-0.05, 0) is 40.0 Å². The Hall–Kier alpha value is -1.46. The van der Waals surface area contributed by atoms with E-state index in [2.05, 4.69) is 59.8 Å². The molecule has 0 radical (unpaired) electrons. The first-order valence-corrected chi connectivity index (χ1v) is 10.0. The predicted octanol–water partition coefficient (Wildman–Crippen LogP) is 4.42. The Labute approximate surface area is 162 Å². The average Bonchev–Trinajstić information content (AvgIpc) is 2.84. The molecule has 0 unspecified atom stereocenters. The van der Waals surface area contributed by atoms with Gasteiger partial charge in [-0.15, -0.1) is 0 Å². The van der Waals surface area contributed by atoms with Gasteiger partial charge in [0, 0.05) is 14.1 Å². The zero-order chi connectivity index (χ0) is 19.9. The maximum atomic E-state index is 12.0. The second kappa shape index (κ2) is 7.28. The van der Waals surface area contributed by atoms with E-state index in [4.69, 9.17) is 0 Å². The molecule has 26 heavy (non-hydrogen) atoms. The van der Waals surface area contributed by atoms with Gasteiger partial charge in [-0.3, -0.25) is 4.79 Å². The van der Waals surface area contributed by atoms with Crippen molar-refractivity contribution in [1.29, 1.82) is 0 Å². The van der Waals surface area contributed by atoms with Crippen molar-refractivity contribution in [3.63, 3.8) is 0 Å². The SMILES string of the molecule is CN(C)N1C(=O)CSC1=CCc1cc(C(C)(C)C)c(O)c(C(C)(C)C)c1. The lowest BCUT2D eigenvalue weighted by Crippen LogP contribution is -2.37. The van der Waals surface area contributed by atoms with Crippen LogP contribution in [0.4, 0.5) is 0 Å². The third kappa shape index (κ3) is 4.44. The molecule has 1 aliphatic heterocycles. The molecule has 0 aromatic heterocycles. The van der Waals surface area contributed by atoms with Crippen molar-refractivity contribution in [1.82, 2.24) is 10.0 Å². The van der Waals surface area contributed by atoms with E-state index < -0.39 is 0 Å². The molecule has 1 aromatic carbocycles. The molecule has 1 fully saturated rings. The molecule has 1 aromatic rings. The normalized spacial score (nSPS) is 17.7. The van der Waals surface area contributed by atoms with Crippen LogP contribution < -0.4 is 0 Å². The lowest BCUT2D eigenvalue weighted by molar-refractivity contribution is -0.135. The summed E-state index contributed by atoms with van der Waals surface area (Å²) >= 11 is 1.58. The van der Waals surface area contributed by atoms with Crippen LogP contribution >= 0.6 is 11.8 Å². The highest BCUT2D eigenvalue weighted by Gasteiger charge is 2.29. The van der Waals surface area contributed by atoms with E-state index in [0.29, 0.717) is 11.5 Å². The van der Waals surface area contributed by atoms with Crippen LogP contribution in [0.1, 0.15) is 58.2 Å². The van der Waals surface area contributed by atoms with Crippen LogP contribution in [0, 0.1) is 0 Å². The Balaban J connectivity index is 2.44. The summed E-state index contributed by atoms with van der Waals surface area (Å²) < 4.78 is 0. The largest absolute Gasteiger partial charge is 0.507 e. The number of nitrogens with zero attached hydrogens (tertiary/aromatic N) is 2. The van der Waals surface area contributed by atoms with Crippen LogP contribution in [0.25, 0.3) is 0 Å². The Kier molecular flexibility index (Phi) is 5.83. The van der Waals surface area contributed by atoms with Crippen molar-refractivity contribution < 1.29 is 9.90 Å². The number of hydrazine groups is 1. The number of thioether (sulfide) groups is 1. The fraction of sp³-hybridized carbons (Fsp3) is 0.571. The molecule has 1 heterocycles. The molecular weight excluding hydrogens is 344 g/mol. The van der Waals surface area contributed by atoms with Gasteiger partial charge in [-0.1, -0.05) is 65.4 Å². The van der Waals surface area contributed by atoms with Gasteiger partial charge >= 0.3 is 0 Å². The minimum Gasteiger partial charge on any atom is -0.507 e. The molecule has 1 aliphatic rings. The van der Waals surface area contributed by atoms with Gasteiger partial charge in [0.25, 0.3) is 5.91 Å². The smallest absolute Gasteiger partial charge is 0.252 e. The van der Waals surface area contributed by atoms with Crippen molar-refractivity contribution in [2.75, 3.05) is 19.8 Å². The summed E-state index contributed by atoms with van der Waals surface area (Å²) in [7, 11) is 3.77. The van der Waals surface area contributed by atoms with E-state index in [0.717, 1.165) is 28.1 Å². The van der Waals surface area contributed by atoms with Crippen molar-refractivity contribution in [3.05, 3.63) is 39.9 Å². The summed E-state index contributed by atoms with van der Waals surface area (Å²) in [4.78, 5) is 12.0. The van der Waals surface area contributed by atoms with E-state index in [1.165, 1.54) is 0 Å². The van der Waals surface area contributed by atoms with E-state index in [1.807, 2.05) is 19.1 Å². The molecule has 4 nitrogen and oxygen atoms in total. The van der Waals surface area contributed by atoms with Crippen LogP contribution in [-0.4, -0.2) is 40.9 Å². The number of aromatic hydroxyl groups is 1. The monoisotopic (exact) mass is 376 g/mol. The van der Waals surface area contributed by atoms with Gasteiger partial charge in [0.1, 0.15) is 5.75 Å². The fourth-order valence-electron chi connectivity index (χ4n) is 3.11.